The Kier molecular flexibility index (Phi) is 2.62. The second kappa shape index (κ2) is 4.16. The molecule has 0 spiro atoms. The molecular formula is C17H18O. The van der Waals surface area contributed by atoms with Gasteiger partial charge in [-0.1, -0.05) is 43.3 Å². The number of hydrogen-bond acceptors (Lipinski definition) is 1. The van der Waals surface area contributed by atoms with Crippen LogP contribution in [-0.4, -0.2) is 7.11 Å². The molecule has 3 rings (SSSR count). The molecule has 0 bridgehead atoms. The van der Waals surface area contributed by atoms with Crippen molar-refractivity contribution in [2.45, 2.75) is 25.2 Å². The van der Waals surface area contributed by atoms with Crippen LogP contribution in [0.4, 0.5) is 0 Å². The minimum atomic E-state index is 0.156. The van der Waals surface area contributed by atoms with Gasteiger partial charge in [-0.25, -0.2) is 0 Å². The second-order valence-electron chi connectivity index (χ2n) is 5.22. The molecule has 0 aliphatic heterocycles. The highest BCUT2D eigenvalue weighted by Gasteiger charge is 2.35. The van der Waals surface area contributed by atoms with Gasteiger partial charge in [-0.3, -0.25) is 0 Å². The summed E-state index contributed by atoms with van der Waals surface area (Å²) in [5, 5.41) is 0. The summed E-state index contributed by atoms with van der Waals surface area (Å²) in [7, 11) is 1.71. The fraction of sp³-hybridized carbons (Fsp3) is 0.294. The summed E-state index contributed by atoms with van der Waals surface area (Å²) in [5.41, 5.74) is 4.52. The molecule has 0 N–H and O–H groups in total. The molecule has 1 unspecified atom stereocenters. The van der Waals surface area contributed by atoms with Gasteiger partial charge < -0.3 is 4.74 Å². The number of benzene rings is 2. The normalized spacial score (nSPS) is 21.7. The van der Waals surface area contributed by atoms with Crippen molar-refractivity contribution in [1.29, 1.82) is 0 Å². The van der Waals surface area contributed by atoms with Crippen molar-refractivity contribution in [1.82, 2.24) is 0 Å². The number of fused-ring (bicyclic) bond motifs is 1. The van der Waals surface area contributed by atoms with Gasteiger partial charge in [0.2, 0.25) is 0 Å². The van der Waals surface area contributed by atoms with E-state index in [0.29, 0.717) is 0 Å². The zero-order chi connectivity index (χ0) is 12.6. The predicted octanol–water partition coefficient (Wildman–Crippen LogP) is 3.95. The smallest absolute Gasteiger partial charge is 0.118 e. The SMILES string of the molecule is COc1ccc(C2(C)CCc3ccccc32)cc1. The molecule has 1 aliphatic rings. The molecular weight excluding hydrogens is 220 g/mol. The molecule has 0 fully saturated rings. The molecule has 0 saturated heterocycles. The first kappa shape index (κ1) is 11.3. The number of rotatable bonds is 2. The van der Waals surface area contributed by atoms with Crippen LogP contribution in [0, 0.1) is 0 Å². The predicted molar refractivity (Wildman–Crippen MR) is 74.2 cm³/mol. The molecule has 92 valence electrons. The molecule has 0 radical (unpaired) electrons. The molecule has 1 heteroatoms. The maximum absolute atomic E-state index is 5.23. The third kappa shape index (κ3) is 1.62. The van der Waals surface area contributed by atoms with Gasteiger partial charge in [-0.2, -0.15) is 0 Å². The van der Waals surface area contributed by atoms with Crippen LogP contribution in [0.25, 0.3) is 0 Å². The largest absolute Gasteiger partial charge is 0.497 e. The molecule has 2 aromatic carbocycles. The van der Waals surface area contributed by atoms with E-state index >= 15 is 0 Å². The summed E-state index contributed by atoms with van der Waals surface area (Å²) in [6.45, 7) is 2.35. The van der Waals surface area contributed by atoms with Gasteiger partial charge in [0.15, 0.2) is 0 Å². The third-order valence-electron chi connectivity index (χ3n) is 4.23. The Morgan fingerprint density at radius 3 is 2.44 bits per heavy atom. The van der Waals surface area contributed by atoms with E-state index in [1.807, 2.05) is 0 Å². The zero-order valence-electron chi connectivity index (χ0n) is 10.9. The number of hydrogen-bond donors (Lipinski definition) is 0. The van der Waals surface area contributed by atoms with Crippen molar-refractivity contribution in [3.63, 3.8) is 0 Å². The minimum absolute atomic E-state index is 0.156. The van der Waals surface area contributed by atoms with Crippen molar-refractivity contribution in [2.24, 2.45) is 0 Å². The molecule has 18 heavy (non-hydrogen) atoms. The standard InChI is InChI=1S/C17H18O/c1-17(14-7-9-15(18-2)10-8-14)12-11-13-5-3-4-6-16(13)17/h3-10H,11-12H2,1-2H3. The van der Waals surface area contributed by atoms with E-state index in [9.17, 15) is 0 Å². The Morgan fingerprint density at radius 1 is 1.00 bits per heavy atom. The summed E-state index contributed by atoms with van der Waals surface area (Å²) >= 11 is 0. The molecule has 1 nitrogen and oxygen atoms in total. The highest BCUT2D eigenvalue weighted by atomic mass is 16.5. The second-order valence-corrected chi connectivity index (χ2v) is 5.22. The molecule has 1 atom stereocenters. The van der Waals surface area contributed by atoms with Gasteiger partial charge in [0.25, 0.3) is 0 Å². The summed E-state index contributed by atoms with van der Waals surface area (Å²) in [4.78, 5) is 0. The van der Waals surface area contributed by atoms with E-state index in [1.54, 1.807) is 7.11 Å². The van der Waals surface area contributed by atoms with Gasteiger partial charge in [0.1, 0.15) is 5.75 Å². The highest BCUT2D eigenvalue weighted by molar-refractivity contribution is 5.47. The van der Waals surface area contributed by atoms with Crippen LogP contribution in [0.15, 0.2) is 48.5 Å². The molecule has 0 amide bonds. The number of methoxy groups -OCH3 is 1. The van der Waals surface area contributed by atoms with Crippen LogP contribution in [0.3, 0.4) is 0 Å². The van der Waals surface area contributed by atoms with Crippen LogP contribution in [0.1, 0.15) is 30.0 Å². The fourth-order valence-electron chi connectivity index (χ4n) is 3.05. The number of ether oxygens (including phenoxy) is 1. The summed E-state index contributed by atoms with van der Waals surface area (Å²) in [6, 6.07) is 17.3. The highest BCUT2D eigenvalue weighted by Crippen LogP contribution is 2.43. The maximum Gasteiger partial charge on any atom is 0.118 e. The number of aryl methyl sites for hydroxylation is 1. The quantitative estimate of drug-likeness (QED) is 0.769. The lowest BCUT2D eigenvalue weighted by atomic mass is 9.77. The summed E-state index contributed by atoms with van der Waals surface area (Å²) < 4.78 is 5.23. The van der Waals surface area contributed by atoms with Crippen LogP contribution in [0.2, 0.25) is 0 Å². The van der Waals surface area contributed by atoms with Gasteiger partial charge in [0, 0.05) is 5.41 Å². The van der Waals surface area contributed by atoms with Crippen molar-refractivity contribution in [3.8, 4) is 5.75 Å². The van der Waals surface area contributed by atoms with Crippen LogP contribution in [-0.2, 0) is 11.8 Å². The maximum atomic E-state index is 5.23. The van der Waals surface area contributed by atoms with Crippen LogP contribution >= 0.6 is 0 Å². The monoisotopic (exact) mass is 238 g/mol. The van der Waals surface area contributed by atoms with Crippen molar-refractivity contribution < 1.29 is 4.74 Å². The van der Waals surface area contributed by atoms with Gasteiger partial charge in [-0.15, -0.1) is 0 Å². The van der Waals surface area contributed by atoms with E-state index in [2.05, 4.69) is 55.5 Å². The molecule has 2 aromatic rings. The lowest BCUT2D eigenvalue weighted by Gasteiger charge is -2.26. The molecule has 0 saturated carbocycles. The lowest BCUT2D eigenvalue weighted by Crippen LogP contribution is -2.19. The first-order valence-corrected chi connectivity index (χ1v) is 6.47. The Bertz CT molecular complexity index is 556. The van der Waals surface area contributed by atoms with Crippen LogP contribution in [0.5, 0.6) is 5.75 Å². The molecule has 1 aliphatic carbocycles. The summed E-state index contributed by atoms with van der Waals surface area (Å²) in [5.74, 6) is 0.925. The average Bonchev–Trinajstić information content (AvgIpc) is 2.78. The van der Waals surface area contributed by atoms with Gasteiger partial charge in [0.05, 0.1) is 7.11 Å². The van der Waals surface area contributed by atoms with E-state index < -0.39 is 0 Å². The zero-order valence-corrected chi connectivity index (χ0v) is 10.9. The van der Waals surface area contributed by atoms with E-state index in [1.165, 1.54) is 29.5 Å². The summed E-state index contributed by atoms with van der Waals surface area (Å²) in [6.07, 6.45) is 2.37. The van der Waals surface area contributed by atoms with Crippen molar-refractivity contribution in [3.05, 3.63) is 65.2 Å². The average molecular weight is 238 g/mol. The molecule has 0 aromatic heterocycles. The van der Waals surface area contributed by atoms with Crippen LogP contribution < -0.4 is 4.74 Å². The lowest BCUT2D eigenvalue weighted by molar-refractivity contribution is 0.414. The molecule has 0 heterocycles. The van der Waals surface area contributed by atoms with E-state index in [-0.39, 0.29) is 5.41 Å². The van der Waals surface area contributed by atoms with Crippen molar-refractivity contribution >= 4 is 0 Å². The first-order chi connectivity index (χ1) is 8.74. The topological polar surface area (TPSA) is 9.23 Å². The minimum Gasteiger partial charge on any atom is -0.497 e. The van der Waals surface area contributed by atoms with E-state index in [0.717, 1.165) is 5.75 Å². The van der Waals surface area contributed by atoms with Gasteiger partial charge in [-0.05, 0) is 41.7 Å². The van der Waals surface area contributed by atoms with Gasteiger partial charge >= 0.3 is 0 Å². The Labute approximate surface area is 108 Å². The van der Waals surface area contributed by atoms with Crippen molar-refractivity contribution in [2.75, 3.05) is 7.11 Å². The third-order valence-corrected chi connectivity index (χ3v) is 4.23. The Morgan fingerprint density at radius 2 is 1.72 bits per heavy atom. The fourth-order valence-corrected chi connectivity index (χ4v) is 3.05. The van der Waals surface area contributed by atoms with E-state index in [4.69, 9.17) is 4.74 Å². The first-order valence-electron chi connectivity index (χ1n) is 6.47. The Balaban J connectivity index is 2.05. The Hall–Kier alpha value is -1.76.